The number of Topliss-reactive ketones (excluding diaryl/α,β-unsaturated/α-hetero) is 1. The Morgan fingerprint density at radius 1 is 0.900 bits per heavy atom. The van der Waals surface area contributed by atoms with Gasteiger partial charge in [0.15, 0.2) is 0 Å². The van der Waals surface area contributed by atoms with Crippen LogP contribution < -0.4 is 5.32 Å². The number of para-hydroxylation sites is 1. The van der Waals surface area contributed by atoms with Crippen LogP contribution in [0.4, 0.5) is 5.69 Å². The average molecular weight is 393 g/mol. The van der Waals surface area contributed by atoms with Crippen molar-refractivity contribution in [3.8, 4) is 11.3 Å². The molecule has 0 aliphatic rings. The van der Waals surface area contributed by atoms with Gasteiger partial charge in [-0.15, -0.1) is 0 Å². The molecule has 0 radical (unpaired) electrons. The number of aromatic nitrogens is 2. The van der Waals surface area contributed by atoms with Gasteiger partial charge >= 0.3 is 0 Å². The number of ketones is 1. The highest BCUT2D eigenvalue weighted by Crippen LogP contribution is 2.31. The Kier molecular flexibility index (Phi) is 4.21. The minimum Gasteiger partial charge on any atom is -0.354 e. The number of hydrogen-bond acceptors (Lipinski definition) is 2. The fourth-order valence-corrected chi connectivity index (χ4v) is 3.86. The summed E-state index contributed by atoms with van der Waals surface area (Å²) in [5.74, 6) is -1.23. The number of carbonyl (C=O) groups is 2. The molecule has 5 rings (SSSR count). The van der Waals surface area contributed by atoms with Gasteiger partial charge in [0.05, 0.1) is 11.3 Å². The van der Waals surface area contributed by atoms with Crippen molar-refractivity contribution in [3.05, 3.63) is 90.6 Å². The van der Waals surface area contributed by atoms with Crippen molar-refractivity contribution in [2.24, 2.45) is 7.05 Å². The maximum atomic E-state index is 13.2. The van der Waals surface area contributed by atoms with Crippen LogP contribution >= 0.6 is 0 Å². The van der Waals surface area contributed by atoms with E-state index in [1.54, 1.807) is 6.07 Å². The van der Waals surface area contributed by atoms with Crippen molar-refractivity contribution in [3.63, 3.8) is 0 Å². The molecule has 0 aliphatic carbocycles. The van der Waals surface area contributed by atoms with Crippen molar-refractivity contribution >= 4 is 39.2 Å². The number of H-pyrrole nitrogens is 1. The lowest BCUT2D eigenvalue weighted by Gasteiger charge is -2.07. The van der Waals surface area contributed by atoms with Gasteiger partial charge in [-0.2, -0.15) is 0 Å². The minimum absolute atomic E-state index is 0.384. The second-order valence-electron chi connectivity index (χ2n) is 7.27. The average Bonchev–Trinajstić information content (AvgIpc) is 3.34. The maximum absolute atomic E-state index is 13.2. The van der Waals surface area contributed by atoms with Crippen LogP contribution in [0.3, 0.4) is 0 Å². The summed E-state index contributed by atoms with van der Waals surface area (Å²) in [7, 11) is 1.96. The lowest BCUT2D eigenvalue weighted by atomic mass is 10.0. The molecule has 3 aromatic carbocycles. The molecule has 0 fully saturated rings. The molecule has 1 amide bonds. The first-order valence-electron chi connectivity index (χ1n) is 9.69. The van der Waals surface area contributed by atoms with Crippen LogP contribution in [0.5, 0.6) is 0 Å². The van der Waals surface area contributed by atoms with Crippen LogP contribution in [0.1, 0.15) is 10.4 Å². The molecule has 0 unspecified atom stereocenters. The molecule has 30 heavy (non-hydrogen) atoms. The summed E-state index contributed by atoms with van der Waals surface area (Å²) in [6.45, 7) is 0. The molecule has 0 bridgehead atoms. The Hall–Kier alpha value is -4.12. The largest absolute Gasteiger partial charge is 0.354 e. The van der Waals surface area contributed by atoms with Gasteiger partial charge < -0.3 is 14.9 Å². The Morgan fingerprint density at radius 3 is 2.50 bits per heavy atom. The summed E-state index contributed by atoms with van der Waals surface area (Å²) in [6.07, 6.45) is 1.96. The van der Waals surface area contributed by atoms with Crippen LogP contribution in [0.25, 0.3) is 33.1 Å². The van der Waals surface area contributed by atoms with Crippen molar-refractivity contribution < 1.29 is 9.59 Å². The van der Waals surface area contributed by atoms with Crippen molar-refractivity contribution in [2.75, 3.05) is 5.32 Å². The van der Waals surface area contributed by atoms with E-state index < -0.39 is 11.7 Å². The molecule has 0 spiro atoms. The van der Waals surface area contributed by atoms with E-state index in [0.29, 0.717) is 16.9 Å². The fourth-order valence-electron chi connectivity index (χ4n) is 3.86. The molecule has 0 atom stereocenters. The van der Waals surface area contributed by atoms with Crippen LogP contribution in [0.2, 0.25) is 0 Å². The number of rotatable bonds is 4. The number of aryl methyl sites for hydroxylation is 1. The number of anilines is 1. The lowest BCUT2D eigenvalue weighted by Crippen LogP contribution is -2.23. The molecule has 5 aromatic rings. The highest BCUT2D eigenvalue weighted by atomic mass is 16.2. The van der Waals surface area contributed by atoms with Crippen molar-refractivity contribution in [1.29, 1.82) is 0 Å². The van der Waals surface area contributed by atoms with Gasteiger partial charge in [-0.05, 0) is 35.9 Å². The molecule has 5 heteroatoms. The third kappa shape index (κ3) is 2.97. The third-order valence-corrected chi connectivity index (χ3v) is 5.34. The number of carbonyl (C=O) groups excluding carboxylic acids is 2. The number of benzene rings is 3. The monoisotopic (exact) mass is 393 g/mol. The van der Waals surface area contributed by atoms with E-state index >= 15 is 0 Å². The molecule has 0 saturated heterocycles. The zero-order chi connectivity index (χ0) is 20.7. The highest BCUT2D eigenvalue weighted by Gasteiger charge is 2.25. The summed E-state index contributed by atoms with van der Waals surface area (Å²) in [4.78, 5) is 29.5. The van der Waals surface area contributed by atoms with Gasteiger partial charge in [-0.1, -0.05) is 48.5 Å². The van der Waals surface area contributed by atoms with Gasteiger partial charge in [0.2, 0.25) is 0 Å². The predicted octanol–water partition coefficient (Wildman–Crippen LogP) is 5.15. The highest BCUT2D eigenvalue weighted by molar-refractivity contribution is 6.49. The predicted molar refractivity (Wildman–Crippen MR) is 120 cm³/mol. The van der Waals surface area contributed by atoms with E-state index in [-0.39, 0.29) is 0 Å². The molecule has 0 aliphatic heterocycles. The summed E-state index contributed by atoms with van der Waals surface area (Å²) in [5, 5.41) is 4.49. The summed E-state index contributed by atoms with van der Waals surface area (Å²) in [5.41, 5.74) is 4.36. The van der Waals surface area contributed by atoms with Crippen LogP contribution in [-0.4, -0.2) is 21.2 Å². The summed E-state index contributed by atoms with van der Waals surface area (Å²) < 4.78 is 2.00. The van der Waals surface area contributed by atoms with Gasteiger partial charge in [0.25, 0.3) is 11.7 Å². The van der Waals surface area contributed by atoms with E-state index in [1.807, 2.05) is 90.6 Å². The summed E-state index contributed by atoms with van der Waals surface area (Å²) >= 11 is 0. The Balaban J connectivity index is 1.54. The first kappa shape index (κ1) is 17.9. The second kappa shape index (κ2) is 7.04. The Bertz CT molecular complexity index is 1410. The summed E-state index contributed by atoms with van der Waals surface area (Å²) in [6, 6.07) is 24.7. The lowest BCUT2D eigenvalue weighted by molar-refractivity contribution is -0.112. The molecule has 2 N–H and O–H groups in total. The fraction of sp³-hybridized carbons (Fsp3) is 0.0400. The topological polar surface area (TPSA) is 66.9 Å². The van der Waals surface area contributed by atoms with E-state index in [9.17, 15) is 9.59 Å². The van der Waals surface area contributed by atoms with E-state index in [4.69, 9.17) is 0 Å². The Morgan fingerprint density at radius 2 is 1.67 bits per heavy atom. The molecule has 2 heterocycles. The molecule has 2 aromatic heterocycles. The maximum Gasteiger partial charge on any atom is 0.296 e. The molecule has 146 valence electrons. The number of nitrogens with one attached hydrogen (secondary N) is 2. The van der Waals surface area contributed by atoms with Crippen molar-refractivity contribution in [2.45, 2.75) is 0 Å². The number of hydrogen-bond donors (Lipinski definition) is 2. The van der Waals surface area contributed by atoms with E-state index in [2.05, 4.69) is 10.3 Å². The van der Waals surface area contributed by atoms with E-state index in [0.717, 1.165) is 27.4 Å². The quantitative estimate of drug-likeness (QED) is 0.328. The van der Waals surface area contributed by atoms with Gasteiger partial charge in [0.1, 0.15) is 0 Å². The van der Waals surface area contributed by atoms with Crippen LogP contribution in [-0.2, 0) is 11.8 Å². The standard InChI is InChI=1S/C25H19N3O2/c1-28-14-13-17-15-18(11-12-21(17)28)26-25(30)24(29)22-19-9-5-6-10-20(19)27-23(22)16-7-3-2-4-8-16/h2-15,27H,1H3,(H,26,30). The Labute approximate surface area is 173 Å². The molecular formula is C25H19N3O2. The van der Waals surface area contributed by atoms with Crippen LogP contribution in [0.15, 0.2) is 85.1 Å². The van der Waals surface area contributed by atoms with Gasteiger partial charge in [0, 0.05) is 40.7 Å². The van der Waals surface area contributed by atoms with E-state index in [1.165, 1.54) is 0 Å². The normalized spacial score (nSPS) is 11.1. The third-order valence-electron chi connectivity index (χ3n) is 5.34. The number of aromatic amines is 1. The first-order valence-corrected chi connectivity index (χ1v) is 9.69. The zero-order valence-electron chi connectivity index (χ0n) is 16.3. The van der Waals surface area contributed by atoms with Gasteiger partial charge in [-0.25, -0.2) is 0 Å². The zero-order valence-corrected chi connectivity index (χ0v) is 16.3. The number of fused-ring (bicyclic) bond motifs is 2. The van der Waals surface area contributed by atoms with Crippen molar-refractivity contribution in [1.82, 2.24) is 9.55 Å². The van der Waals surface area contributed by atoms with Gasteiger partial charge in [-0.3, -0.25) is 9.59 Å². The number of nitrogens with zero attached hydrogens (tertiary/aromatic N) is 1. The first-order chi connectivity index (χ1) is 14.6. The molecular weight excluding hydrogens is 374 g/mol. The smallest absolute Gasteiger partial charge is 0.296 e. The SMILES string of the molecule is Cn1ccc2cc(NC(=O)C(=O)c3c(-c4ccccc4)[nH]c4ccccc34)ccc21. The molecule has 0 saturated carbocycles. The minimum atomic E-state index is -0.660. The second-order valence-corrected chi connectivity index (χ2v) is 7.27. The molecule has 5 nitrogen and oxygen atoms in total. The van der Waals surface area contributed by atoms with Crippen LogP contribution in [0, 0.1) is 0 Å². The number of amides is 1.